The lowest BCUT2D eigenvalue weighted by Crippen LogP contribution is -2.60. The first-order chi connectivity index (χ1) is 14.6. The molecule has 2 aliphatic rings. The smallest absolute Gasteiger partial charge is 0.245 e. The third-order valence-corrected chi connectivity index (χ3v) is 6.15. The van der Waals surface area contributed by atoms with Crippen molar-refractivity contribution >= 4 is 11.5 Å². The van der Waals surface area contributed by atoms with E-state index in [2.05, 4.69) is 30.7 Å². The molecule has 1 spiro atoms. The summed E-state index contributed by atoms with van der Waals surface area (Å²) < 4.78 is 5.22. The van der Waals surface area contributed by atoms with Gasteiger partial charge in [-0.15, -0.1) is 0 Å². The van der Waals surface area contributed by atoms with Crippen LogP contribution in [0, 0.1) is 23.3 Å². The number of hydrogen-bond acceptors (Lipinski definition) is 7. The quantitative estimate of drug-likeness (QED) is 0.766. The Kier molecular flexibility index (Phi) is 5.54. The molecule has 8 nitrogen and oxygen atoms in total. The molecule has 0 saturated carbocycles. The highest BCUT2D eigenvalue weighted by Gasteiger charge is 2.45. The van der Waals surface area contributed by atoms with Gasteiger partial charge in [-0.05, 0) is 44.1 Å². The number of aromatic nitrogens is 2. The first kappa shape index (κ1) is 20.1. The predicted molar refractivity (Wildman–Crippen MR) is 111 cm³/mol. The van der Waals surface area contributed by atoms with Crippen LogP contribution in [0.5, 0.6) is 5.75 Å². The van der Waals surface area contributed by atoms with Crippen molar-refractivity contribution in [3.63, 3.8) is 0 Å². The summed E-state index contributed by atoms with van der Waals surface area (Å²) in [6.45, 7) is 11.5. The highest BCUT2D eigenvalue weighted by molar-refractivity contribution is 5.56. The summed E-state index contributed by atoms with van der Waals surface area (Å²) in [6, 6.07) is 7.47. The molecule has 8 heteroatoms. The van der Waals surface area contributed by atoms with Crippen LogP contribution in [0.4, 0.5) is 11.5 Å². The Labute approximate surface area is 176 Å². The first-order valence-electron chi connectivity index (χ1n) is 9.99. The molecule has 0 radical (unpaired) electrons. The molecule has 2 saturated heterocycles. The average molecular weight is 404 g/mol. The van der Waals surface area contributed by atoms with Crippen molar-refractivity contribution in [1.82, 2.24) is 14.9 Å². The number of hydrogen-bond donors (Lipinski definition) is 1. The van der Waals surface area contributed by atoms with Gasteiger partial charge in [-0.2, -0.15) is 5.26 Å². The predicted octanol–water partition coefficient (Wildman–Crippen LogP) is 2.54. The maximum absolute atomic E-state index is 10.6. The van der Waals surface area contributed by atoms with Crippen molar-refractivity contribution in [2.75, 3.05) is 44.7 Å². The Morgan fingerprint density at radius 3 is 2.67 bits per heavy atom. The van der Waals surface area contributed by atoms with E-state index in [1.165, 1.54) is 13.3 Å². The molecule has 1 N–H and O–H groups in total. The zero-order valence-electron chi connectivity index (χ0n) is 17.0. The zero-order chi connectivity index (χ0) is 21.1. The molecule has 154 valence electrons. The molecule has 4 heterocycles. The second kappa shape index (κ2) is 8.27. The van der Waals surface area contributed by atoms with Gasteiger partial charge in [-0.1, -0.05) is 0 Å². The van der Waals surface area contributed by atoms with Crippen LogP contribution < -0.4 is 9.64 Å². The van der Waals surface area contributed by atoms with E-state index in [1.807, 2.05) is 12.1 Å². The largest absolute Gasteiger partial charge is 0.508 e. The number of β-amino-alcohol motifs (C(OH)–C–C–N with tert-alkyl or cyclic N) is 1. The number of nitrogens with zero attached hydrogens (tertiary/aromatic N) is 6. The van der Waals surface area contributed by atoms with Crippen molar-refractivity contribution in [2.45, 2.75) is 18.9 Å². The number of anilines is 1. The van der Waals surface area contributed by atoms with Crippen LogP contribution in [0.1, 0.15) is 30.2 Å². The molecular formula is C22H24N6O2. The maximum atomic E-state index is 10.6. The second-order valence-corrected chi connectivity index (χ2v) is 8.08. The average Bonchev–Trinajstić information content (AvgIpc) is 2.77. The van der Waals surface area contributed by atoms with E-state index >= 15 is 0 Å². The topological polar surface area (TPSA) is 89.9 Å². The van der Waals surface area contributed by atoms with Gasteiger partial charge in [0.25, 0.3) is 0 Å². The summed E-state index contributed by atoms with van der Waals surface area (Å²) in [5.41, 5.74) is 1.77. The fraction of sp³-hybridized carbons (Fsp3) is 0.455. The van der Waals surface area contributed by atoms with Gasteiger partial charge >= 0.3 is 0 Å². The third kappa shape index (κ3) is 3.93. The lowest BCUT2D eigenvalue weighted by molar-refractivity contribution is 0.0414. The number of aliphatic hydroxyl groups is 1. The van der Waals surface area contributed by atoms with Crippen LogP contribution >= 0.6 is 0 Å². The van der Waals surface area contributed by atoms with E-state index in [4.69, 9.17) is 16.6 Å². The van der Waals surface area contributed by atoms with Gasteiger partial charge in [-0.25, -0.2) is 9.83 Å². The fourth-order valence-electron chi connectivity index (χ4n) is 4.30. The number of nitriles is 1. The minimum absolute atomic E-state index is 0.315. The molecule has 1 unspecified atom stereocenters. The minimum atomic E-state index is -0.714. The van der Waals surface area contributed by atoms with E-state index in [0.29, 0.717) is 34.7 Å². The van der Waals surface area contributed by atoms with Crippen LogP contribution in [-0.2, 0) is 0 Å². The second-order valence-electron chi connectivity index (χ2n) is 8.08. The molecule has 0 amide bonds. The number of likely N-dealkylation sites (tertiary alicyclic amines) is 1. The van der Waals surface area contributed by atoms with Gasteiger partial charge in [-0.3, -0.25) is 4.98 Å². The number of aliphatic hydroxyl groups excluding tert-OH is 1. The Balaban J connectivity index is 1.29. The van der Waals surface area contributed by atoms with Crippen LogP contribution in [0.3, 0.4) is 0 Å². The highest BCUT2D eigenvalue weighted by Crippen LogP contribution is 2.42. The van der Waals surface area contributed by atoms with Crippen molar-refractivity contribution in [2.24, 2.45) is 5.41 Å². The number of pyridine rings is 2. The molecule has 2 aromatic heterocycles. The SMILES string of the molecule is [C-]#[N+]c1cnc(C(O)CN2CCC3(CC2)CN(c2ccc(C#N)cn2)C3)cc1OC. The van der Waals surface area contributed by atoms with Gasteiger partial charge < -0.3 is 19.6 Å². The van der Waals surface area contributed by atoms with Crippen LogP contribution in [0.15, 0.2) is 30.6 Å². The summed E-state index contributed by atoms with van der Waals surface area (Å²) in [4.78, 5) is 16.5. The zero-order valence-corrected chi connectivity index (χ0v) is 17.0. The van der Waals surface area contributed by atoms with Gasteiger partial charge in [0.15, 0.2) is 0 Å². The Bertz CT molecular complexity index is 978. The van der Waals surface area contributed by atoms with Gasteiger partial charge in [0.2, 0.25) is 5.69 Å². The summed E-state index contributed by atoms with van der Waals surface area (Å²) in [7, 11) is 1.51. The highest BCUT2D eigenvalue weighted by atomic mass is 16.5. The van der Waals surface area contributed by atoms with Crippen molar-refractivity contribution in [3.8, 4) is 11.8 Å². The van der Waals surface area contributed by atoms with Crippen LogP contribution in [-0.4, -0.2) is 59.8 Å². The number of rotatable bonds is 5. The minimum Gasteiger partial charge on any atom is -0.508 e. The van der Waals surface area contributed by atoms with E-state index in [1.54, 1.807) is 12.3 Å². The molecule has 2 aromatic rings. The normalized spacial score (nSPS) is 18.9. The number of methoxy groups -OCH3 is 1. The van der Waals surface area contributed by atoms with E-state index in [9.17, 15) is 5.11 Å². The van der Waals surface area contributed by atoms with Crippen molar-refractivity contribution in [3.05, 3.63) is 53.3 Å². The third-order valence-electron chi connectivity index (χ3n) is 6.15. The van der Waals surface area contributed by atoms with Gasteiger partial charge in [0, 0.05) is 37.4 Å². The fourth-order valence-corrected chi connectivity index (χ4v) is 4.30. The molecule has 1 atom stereocenters. The molecule has 2 aliphatic heterocycles. The van der Waals surface area contributed by atoms with E-state index in [-0.39, 0.29) is 0 Å². The number of piperidine rings is 1. The lowest BCUT2D eigenvalue weighted by atomic mass is 9.72. The summed E-state index contributed by atoms with van der Waals surface area (Å²) >= 11 is 0. The molecule has 0 aromatic carbocycles. The number of ether oxygens (including phenoxy) is 1. The monoisotopic (exact) mass is 404 g/mol. The molecule has 0 bridgehead atoms. The molecule has 2 fully saturated rings. The molecular weight excluding hydrogens is 380 g/mol. The standard InChI is InChI=1S/C22H24N6O2/c1-24-18-12-25-17(9-20(18)30-2)19(29)13-27-7-5-22(6-8-27)14-28(15-22)21-4-3-16(10-23)11-26-21/h3-4,9,11-12,19,29H,5-8,13-15H2,2H3. The first-order valence-corrected chi connectivity index (χ1v) is 9.99. The van der Waals surface area contributed by atoms with Crippen molar-refractivity contribution in [1.29, 1.82) is 5.26 Å². The Morgan fingerprint density at radius 1 is 1.30 bits per heavy atom. The van der Waals surface area contributed by atoms with E-state index in [0.717, 1.165) is 44.8 Å². The summed E-state index contributed by atoms with van der Waals surface area (Å²) in [5.74, 6) is 1.37. The lowest BCUT2D eigenvalue weighted by Gasteiger charge is -2.54. The van der Waals surface area contributed by atoms with Crippen LogP contribution in [0.25, 0.3) is 4.85 Å². The summed E-state index contributed by atoms with van der Waals surface area (Å²) in [5, 5.41) is 19.5. The maximum Gasteiger partial charge on any atom is 0.245 e. The van der Waals surface area contributed by atoms with Crippen molar-refractivity contribution < 1.29 is 9.84 Å². The van der Waals surface area contributed by atoms with E-state index < -0.39 is 6.10 Å². The Morgan fingerprint density at radius 2 is 2.07 bits per heavy atom. The van der Waals surface area contributed by atoms with Gasteiger partial charge in [0.1, 0.15) is 23.7 Å². The molecule has 30 heavy (non-hydrogen) atoms. The molecule has 0 aliphatic carbocycles. The summed E-state index contributed by atoms with van der Waals surface area (Å²) in [6.07, 6.45) is 4.53. The van der Waals surface area contributed by atoms with Crippen LogP contribution in [0.2, 0.25) is 0 Å². The molecule has 4 rings (SSSR count). The van der Waals surface area contributed by atoms with Gasteiger partial charge in [0.05, 0.1) is 24.9 Å². The Hall–Kier alpha value is -3.20.